The Bertz CT molecular complexity index is 1310. The lowest BCUT2D eigenvalue weighted by Gasteiger charge is -2.13. The van der Waals surface area contributed by atoms with Crippen molar-refractivity contribution >= 4 is 41.2 Å². The minimum atomic E-state index is 0.369. The molecule has 0 saturated heterocycles. The highest BCUT2D eigenvalue weighted by molar-refractivity contribution is 7.98. The van der Waals surface area contributed by atoms with Gasteiger partial charge in [0.05, 0.1) is 13.3 Å². The van der Waals surface area contributed by atoms with Crippen LogP contribution in [0.2, 0.25) is 10.0 Å². The van der Waals surface area contributed by atoms with Crippen molar-refractivity contribution in [3.63, 3.8) is 0 Å². The van der Waals surface area contributed by atoms with Gasteiger partial charge in [-0.15, -0.1) is 10.2 Å². The summed E-state index contributed by atoms with van der Waals surface area (Å²) in [4.78, 5) is 0. The predicted molar refractivity (Wildman–Crippen MR) is 147 cm³/mol. The average Bonchev–Trinajstić information content (AvgIpc) is 3.28. The molecule has 0 amide bonds. The van der Waals surface area contributed by atoms with Crippen LogP contribution in [0.15, 0.2) is 77.0 Å². The number of thioether (sulfide) groups is 1. The molecule has 0 unspecified atom stereocenters. The van der Waals surface area contributed by atoms with E-state index in [1.54, 1.807) is 29.8 Å². The third kappa shape index (κ3) is 6.81. The van der Waals surface area contributed by atoms with Crippen molar-refractivity contribution < 1.29 is 9.47 Å². The molecule has 0 N–H and O–H groups in total. The molecule has 0 aliphatic heterocycles. The van der Waals surface area contributed by atoms with E-state index < -0.39 is 0 Å². The van der Waals surface area contributed by atoms with Gasteiger partial charge in [-0.05, 0) is 53.9 Å². The molecule has 0 atom stereocenters. The van der Waals surface area contributed by atoms with Crippen LogP contribution >= 0.6 is 35.0 Å². The molecular weight excluding hydrogens is 515 g/mol. The number of hydrogen-bond acceptors (Lipinski definition) is 6. The van der Waals surface area contributed by atoms with Crippen molar-refractivity contribution in [2.24, 2.45) is 5.10 Å². The first-order valence-corrected chi connectivity index (χ1v) is 13.2. The molecule has 36 heavy (non-hydrogen) atoms. The summed E-state index contributed by atoms with van der Waals surface area (Å²) in [5.74, 6) is 2.77. The molecule has 6 nitrogen and oxygen atoms in total. The maximum Gasteiger partial charge on any atom is 0.212 e. The van der Waals surface area contributed by atoms with Gasteiger partial charge in [0.2, 0.25) is 5.16 Å². The van der Waals surface area contributed by atoms with Crippen molar-refractivity contribution in [2.45, 2.75) is 37.3 Å². The fourth-order valence-electron chi connectivity index (χ4n) is 3.42. The van der Waals surface area contributed by atoms with E-state index in [0.29, 0.717) is 28.2 Å². The Morgan fingerprint density at radius 2 is 1.64 bits per heavy atom. The molecule has 0 aliphatic rings. The number of hydrogen-bond donors (Lipinski definition) is 0. The molecule has 0 fully saturated rings. The summed E-state index contributed by atoms with van der Waals surface area (Å²) < 4.78 is 13.5. The van der Waals surface area contributed by atoms with Crippen molar-refractivity contribution in [2.75, 3.05) is 7.11 Å². The molecule has 1 heterocycles. The Morgan fingerprint density at radius 3 is 2.31 bits per heavy atom. The van der Waals surface area contributed by atoms with E-state index in [0.717, 1.165) is 46.3 Å². The van der Waals surface area contributed by atoms with Gasteiger partial charge in [0.15, 0.2) is 17.3 Å². The van der Waals surface area contributed by atoms with Crippen LogP contribution in [-0.4, -0.2) is 28.2 Å². The fraction of sp³-hybridized carbons (Fsp3) is 0.222. The molecule has 9 heteroatoms. The Hall–Kier alpha value is -3.00. The lowest BCUT2D eigenvalue weighted by atomic mass is 10.2. The summed E-state index contributed by atoms with van der Waals surface area (Å²) in [6.45, 7) is 2.47. The van der Waals surface area contributed by atoms with Crippen molar-refractivity contribution in [3.05, 3.63) is 99.3 Å². The summed E-state index contributed by atoms with van der Waals surface area (Å²) in [6.07, 6.45) is 3.46. The van der Waals surface area contributed by atoms with Gasteiger partial charge in [0.1, 0.15) is 6.61 Å². The second kappa shape index (κ2) is 12.8. The minimum absolute atomic E-state index is 0.369. The van der Waals surface area contributed by atoms with Crippen LogP contribution in [0.25, 0.3) is 0 Å². The van der Waals surface area contributed by atoms with E-state index >= 15 is 0 Å². The third-order valence-corrected chi connectivity index (χ3v) is 6.76. The zero-order valence-electron chi connectivity index (χ0n) is 20.0. The molecular formula is C27H26Cl2N4O2S. The van der Waals surface area contributed by atoms with Crippen molar-refractivity contribution in [1.82, 2.24) is 14.9 Å². The molecule has 0 bridgehead atoms. The predicted octanol–water partition coefficient (Wildman–Crippen LogP) is 7.30. The molecule has 186 valence electrons. The van der Waals surface area contributed by atoms with Gasteiger partial charge >= 0.3 is 0 Å². The highest BCUT2D eigenvalue weighted by atomic mass is 35.5. The second-order valence-corrected chi connectivity index (χ2v) is 9.73. The largest absolute Gasteiger partial charge is 0.493 e. The zero-order chi connectivity index (χ0) is 25.3. The normalized spacial score (nSPS) is 11.2. The van der Waals surface area contributed by atoms with Gasteiger partial charge < -0.3 is 9.47 Å². The molecule has 0 aliphatic carbocycles. The second-order valence-electron chi connectivity index (χ2n) is 7.91. The first-order valence-electron chi connectivity index (χ1n) is 11.5. The van der Waals surface area contributed by atoms with E-state index in [1.165, 1.54) is 0 Å². The average molecular weight is 542 g/mol. The van der Waals surface area contributed by atoms with Gasteiger partial charge in [-0.1, -0.05) is 72.2 Å². The lowest BCUT2D eigenvalue weighted by Crippen LogP contribution is -2.03. The summed E-state index contributed by atoms with van der Waals surface area (Å²) in [5.41, 5.74) is 2.93. The summed E-state index contributed by atoms with van der Waals surface area (Å²) in [5, 5.41) is 15.6. The zero-order valence-corrected chi connectivity index (χ0v) is 22.4. The van der Waals surface area contributed by atoms with Crippen molar-refractivity contribution in [3.8, 4) is 11.5 Å². The molecule has 4 rings (SSSR count). The summed E-state index contributed by atoms with van der Waals surface area (Å²) in [7, 11) is 1.62. The fourth-order valence-corrected chi connectivity index (χ4v) is 4.53. The Morgan fingerprint density at radius 1 is 0.944 bits per heavy atom. The van der Waals surface area contributed by atoms with Gasteiger partial charge in [-0.2, -0.15) is 9.78 Å². The van der Waals surface area contributed by atoms with Gasteiger partial charge in [0, 0.05) is 27.8 Å². The molecule has 0 radical (unpaired) electrons. The SMILES string of the molecule is CCCc1nnc(SCc2ccc(Cl)cc2)n1/N=C/c1cccc(OC)c1OCc1ccc(Cl)cc1. The Labute approximate surface area is 225 Å². The third-order valence-electron chi connectivity index (χ3n) is 5.27. The standard InChI is InChI=1S/C27H26Cl2N4O2S/c1-3-5-25-31-32-27(36-18-20-10-14-23(29)15-11-20)33(25)30-16-21-6-4-7-24(34-2)26(21)35-17-19-8-12-22(28)13-9-19/h4,6-16H,3,5,17-18H2,1-2H3/b30-16+. The number of ether oxygens (including phenoxy) is 2. The summed E-state index contributed by atoms with van der Waals surface area (Å²) in [6, 6.07) is 21.0. The highest BCUT2D eigenvalue weighted by Crippen LogP contribution is 2.31. The van der Waals surface area contributed by atoms with Gasteiger partial charge in [-0.3, -0.25) is 0 Å². The highest BCUT2D eigenvalue weighted by Gasteiger charge is 2.14. The molecule has 0 saturated carbocycles. The number of methoxy groups -OCH3 is 1. The molecule has 4 aromatic rings. The van der Waals surface area contributed by atoms with Gasteiger partial charge in [0.25, 0.3) is 0 Å². The van der Waals surface area contributed by atoms with Crippen LogP contribution in [0.4, 0.5) is 0 Å². The number of para-hydroxylation sites is 1. The smallest absolute Gasteiger partial charge is 0.212 e. The van der Waals surface area contributed by atoms with Crippen molar-refractivity contribution in [1.29, 1.82) is 0 Å². The van der Waals surface area contributed by atoms with Gasteiger partial charge in [-0.25, -0.2) is 0 Å². The van der Waals surface area contributed by atoms with E-state index in [2.05, 4.69) is 17.1 Å². The molecule has 3 aromatic carbocycles. The van der Waals surface area contributed by atoms with Crippen LogP contribution in [-0.2, 0) is 18.8 Å². The molecule has 1 aromatic heterocycles. The first-order chi connectivity index (χ1) is 17.6. The number of nitrogens with zero attached hydrogens (tertiary/aromatic N) is 4. The van der Waals surface area contributed by atoms with E-state index in [1.807, 2.05) is 66.7 Å². The molecule has 0 spiro atoms. The Kier molecular flexibility index (Phi) is 9.28. The topological polar surface area (TPSA) is 61.5 Å². The maximum absolute atomic E-state index is 6.16. The quantitative estimate of drug-likeness (QED) is 0.147. The number of aromatic nitrogens is 3. The van der Waals surface area contributed by atoms with E-state index in [9.17, 15) is 0 Å². The van der Waals surface area contributed by atoms with Crippen LogP contribution in [0.5, 0.6) is 11.5 Å². The van der Waals surface area contributed by atoms with Crippen LogP contribution in [0.3, 0.4) is 0 Å². The van der Waals surface area contributed by atoms with Crippen LogP contribution in [0.1, 0.15) is 35.9 Å². The Balaban J connectivity index is 1.58. The van der Waals surface area contributed by atoms with E-state index in [-0.39, 0.29) is 0 Å². The van der Waals surface area contributed by atoms with Crippen LogP contribution < -0.4 is 9.47 Å². The lowest BCUT2D eigenvalue weighted by molar-refractivity contribution is 0.284. The number of benzene rings is 3. The monoisotopic (exact) mass is 540 g/mol. The van der Waals surface area contributed by atoms with Crippen LogP contribution in [0, 0.1) is 0 Å². The first kappa shape index (κ1) is 26.1. The van der Waals surface area contributed by atoms with E-state index in [4.69, 9.17) is 37.8 Å². The maximum atomic E-state index is 6.16. The number of rotatable bonds is 11. The number of halogens is 2. The number of aryl methyl sites for hydroxylation is 1. The summed E-state index contributed by atoms with van der Waals surface area (Å²) >= 11 is 13.6. The minimum Gasteiger partial charge on any atom is -0.493 e.